The van der Waals surface area contributed by atoms with Gasteiger partial charge in [-0.25, -0.2) is 4.98 Å². The summed E-state index contributed by atoms with van der Waals surface area (Å²) in [6.45, 7) is 0.710. The van der Waals surface area contributed by atoms with Crippen molar-refractivity contribution in [1.29, 1.82) is 0 Å². The molecule has 0 amide bonds. The number of benzene rings is 1. The quantitative estimate of drug-likeness (QED) is 0.504. The number of nitrogens with one attached hydrogen (secondary N) is 1. The van der Waals surface area contributed by atoms with Crippen LogP contribution in [0.1, 0.15) is 19.1 Å². The molecule has 1 fully saturated rings. The SMILES string of the molecule is COc1cc(Nc2nc(Cl)nc3c2ncn3C2CCCO2)cc(OC)c1O. The first-order chi connectivity index (χ1) is 13.1. The number of imidazole rings is 1. The summed E-state index contributed by atoms with van der Waals surface area (Å²) in [7, 11) is 2.92. The number of hydrogen-bond acceptors (Lipinski definition) is 8. The third kappa shape index (κ3) is 3.19. The summed E-state index contributed by atoms with van der Waals surface area (Å²) < 4.78 is 17.9. The van der Waals surface area contributed by atoms with E-state index in [4.69, 9.17) is 25.8 Å². The number of phenols is 1. The van der Waals surface area contributed by atoms with Gasteiger partial charge in [0.05, 0.1) is 20.5 Å². The lowest BCUT2D eigenvalue weighted by molar-refractivity contribution is 0.0593. The van der Waals surface area contributed by atoms with Gasteiger partial charge in [-0.3, -0.25) is 4.57 Å². The molecule has 0 spiro atoms. The standard InChI is InChI=1S/C17H18ClN5O4/c1-25-10-6-9(7-11(26-2)14(10)24)20-15-13-16(22-17(18)21-15)23(8-19-13)12-4-3-5-27-12/h6-8,12,24H,3-5H2,1-2H3,(H,20,21,22). The average molecular weight is 392 g/mol. The summed E-state index contributed by atoms with van der Waals surface area (Å²) >= 11 is 6.13. The molecule has 27 heavy (non-hydrogen) atoms. The van der Waals surface area contributed by atoms with Crippen LogP contribution in [-0.4, -0.2) is 45.5 Å². The fourth-order valence-electron chi connectivity index (χ4n) is 3.07. The second-order valence-corrected chi connectivity index (χ2v) is 6.33. The summed E-state index contributed by atoms with van der Waals surface area (Å²) in [5.41, 5.74) is 1.73. The molecule has 3 aromatic rings. The largest absolute Gasteiger partial charge is 0.502 e. The van der Waals surface area contributed by atoms with Gasteiger partial charge < -0.3 is 24.6 Å². The van der Waals surface area contributed by atoms with Crippen LogP contribution in [0.4, 0.5) is 11.5 Å². The van der Waals surface area contributed by atoms with Crippen LogP contribution in [0.3, 0.4) is 0 Å². The van der Waals surface area contributed by atoms with Crippen LogP contribution >= 0.6 is 11.6 Å². The zero-order chi connectivity index (χ0) is 19.0. The first kappa shape index (κ1) is 17.6. The summed E-state index contributed by atoms with van der Waals surface area (Å²) in [4.78, 5) is 13.0. The van der Waals surface area contributed by atoms with Crippen LogP contribution in [0, 0.1) is 0 Å². The maximum atomic E-state index is 10.1. The number of methoxy groups -OCH3 is 2. The number of nitrogens with zero attached hydrogens (tertiary/aromatic N) is 4. The first-order valence-electron chi connectivity index (χ1n) is 8.34. The molecule has 2 aromatic heterocycles. The van der Waals surface area contributed by atoms with Crippen LogP contribution in [0.15, 0.2) is 18.5 Å². The lowest BCUT2D eigenvalue weighted by atomic mass is 10.2. The zero-order valence-corrected chi connectivity index (χ0v) is 15.5. The van der Waals surface area contributed by atoms with Gasteiger partial charge >= 0.3 is 0 Å². The molecule has 1 aromatic carbocycles. The van der Waals surface area contributed by atoms with Crippen LogP contribution < -0.4 is 14.8 Å². The molecule has 9 nitrogen and oxygen atoms in total. The maximum Gasteiger partial charge on any atom is 0.226 e. The number of ether oxygens (including phenoxy) is 3. The molecular formula is C17H18ClN5O4. The van der Waals surface area contributed by atoms with Gasteiger partial charge in [-0.05, 0) is 24.4 Å². The van der Waals surface area contributed by atoms with Gasteiger partial charge in [-0.15, -0.1) is 0 Å². The van der Waals surface area contributed by atoms with Gasteiger partial charge in [-0.2, -0.15) is 9.97 Å². The predicted molar refractivity (Wildman–Crippen MR) is 99.0 cm³/mol. The van der Waals surface area contributed by atoms with Crippen molar-refractivity contribution in [1.82, 2.24) is 19.5 Å². The molecule has 0 bridgehead atoms. The van der Waals surface area contributed by atoms with Gasteiger partial charge in [0.2, 0.25) is 11.0 Å². The number of hydrogen-bond donors (Lipinski definition) is 2. The van der Waals surface area contributed by atoms with Crippen molar-refractivity contribution in [2.24, 2.45) is 0 Å². The molecular weight excluding hydrogens is 374 g/mol. The second kappa shape index (κ2) is 7.09. The van der Waals surface area contributed by atoms with E-state index in [-0.39, 0.29) is 28.8 Å². The minimum atomic E-state index is -0.109. The lowest BCUT2D eigenvalue weighted by Gasteiger charge is -2.13. The lowest BCUT2D eigenvalue weighted by Crippen LogP contribution is -2.07. The summed E-state index contributed by atoms with van der Waals surface area (Å²) in [6.07, 6.45) is 3.45. The Morgan fingerprint density at radius 1 is 1.26 bits per heavy atom. The van der Waals surface area contributed by atoms with Gasteiger partial charge in [0, 0.05) is 24.4 Å². The van der Waals surface area contributed by atoms with E-state index in [1.165, 1.54) is 14.2 Å². The van der Waals surface area contributed by atoms with Crippen molar-refractivity contribution in [3.05, 3.63) is 23.7 Å². The number of aromatic hydroxyl groups is 1. The Kier molecular flexibility index (Phi) is 4.63. The molecule has 1 aliphatic rings. The van der Waals surface area contributed by atoms with E-state index >= 15 is 0 Å². The predicted octanol–water partition coefficient (Wildman–Crippen LogP) is 3.26. The highest BCUT2D eigenvalue weighted by Crippen LogP contribution is 2.40. The fourth-order valence-corrected chi connectivity index (χ4v) is 3.23. The number of aromatic nitrogens is 4. The second-order valence-electron chi connectivity index (χ2n) is 5.99. The Morgan fingerprint density at radius 2 is 2.00 bits per heavy atom. The molecule has 1 unspecified atom stereocenters. The minimum Gasteiger partial charge on any atom is -0.502 e. The summed E-state index contributed by atoms with van der Waals surface area (Å²) in [5, 5.41) is 13.3. The average Bonchev–Trinajstić information content (AvgIpc) is 3.32. The third-order valence-corrected chi connectivity index (χ3v) is 4.52. The molecule has 142 valence electrons. The first-order valence-corrected chi connectivity index (χ1v) is 8.72. The van der Waals surface area contributed by atoms with E-state index < -0.39 is 0 Å². The Labute approximate surface area is 159 Å². The number of anilines is 2. The fraction of sp³-hybridized carbons (Fsp3) is 0.353. The molecule has 10 heteroatoms. The van der Waals surface area contributed by atoms with Crippen molar-refractivity contribution in [3.8, 4) is 17.2 Å². The highest BCUT2D eigenvalue weighted by Gasteiger charge is 2.22. The van der Waals surface area contributed by atoms with Crippen molar-refractivity contribution in [3.63, 3.8) is 0 Å². The van der Waals surface area contributed by atoms with Crippen LogP contribution in [0.25, 0.3) is 11.2 Å². The Balaban J connectivity index is 1.76. The van der Waals surface area contributed by atoms with Crippen molar-refractivity contribution in [2.45, 2.75) is 19.1 Å². The topological polar surface area (TPSA) is 104 Å². The molecule has 0 saturated carbocycles. The van der Waals surface area contributed by atoms with Crippen LogP contribution in [-0.2, 0) is 4.74 Å². The third-order valence-electron chi connectivity index (χ3n) is 4.35. The smallest absolute Gasteiger partial charge is 0.226 e. The zero-order valence-electron chi connectivity index (χ0n) is 14.8. The Hall–Kier alpha value is -2.78. The van der Waals surface area contributed by atoms with E-state index in [1.807, 2.05) is 4.57 Å². The molecule has 4 rings (SSSR count). The van der Waals surface area contributed by atoms with E-state index in [2.05, 4.69) is 20.3 Å². The molecule has 1 aliphatic heterocycles. The van der Waals surface area contributed by atoms with E-state index in [0.717, 1.165) is 12.8 Å². The summed E-state index contributed by atoms with van der Waals surface area (Å²) in [5.74, 6) is 0.867. The van der Waals surface area contributed by atoms with Gasteiger partial charge in [0.1, 0.15) is 6.23 Å². The van der Waals surface area contributed by atoms with Gasteiger partial charge in [0.25, 0.3) is 0 Å². The van der Waals surface area contributed by atoms with Crippen LogP contribution in [0.2, 0.25) is 5.28 Å². The molecule has 0 aliphatic carbocycles. The molecule has 0 radical (unpaired) electrons. The monoisotopic (exact) mass is 391 g/mol. The normalized spacial score (nSPS) is 16.6. The van der Waals surface area contributed by atoms with Gasteiger partial charge in [-0.1, -0.05) is 0 Å². The number of phenolic OH excluding ortho intramolecular Hbond substituents is 1. The van der Waals surface area contributed by atoms with Crippen molar-refractivity contribution < 1.29 is 19.3 Å². The maximum absolute atomic E-state index is 10.1. The van der Waals surface area contributed by atoms with Crippen molar-refractivity contribution >= 4 is 34.3 Å². The molecule has 1 saturated heterocycles. The Bertz CT molecular complexity index is 962. The molecule has 2 N–H and O–H groups in total. The Morgan fingerprint density at radius 3 is 2.63 bits per heavy atom. The number of halogens is 1. The van der Waals surface area contributed by atoms with Crippen molar-refractivity contribution in [2.75, 3.05) is 26.1 Å². The highest BCUT2D eigenvalue weighted by molar-refractivity contribution is 6.28. The highest BCUT2D eigenvalue weighted by atomic mass is 35.5. The van der Waals surface area contributed by atoms with E-state index in [1.54, 1.807) is 18.5 Å². The van der Waals surface area contributed by atoms with E-state index in [9.17, 15) is 5.11 Å². The van der Waals surface area contributed by atoms with Gasteiger partial charge in [0.15, 0.2) is 28.5 Å². The molecule has 1 atom stereocenters. The van der Waals surface area contributed by atoms with E-state index in [0.29, 0.717) is 29.3 Å². The number of rotatable bonds is 5. The number of fused-ring (bicyclic) bond motifs is 1. The minimum absolute atomic E-state index is 0.0842. The van der Waals surface area contributed by atoms with Crippen LogP contribution in [0.5, 0.6) is 17.2 Å². The summed E-state index contributed by atoms with van der Waals surface area (Å²) in [6, 6.07) is 3.24. The molecule has 3 heterocycles.